The molecule has 1 aromatic rings. The Morgan fingerprint density at radius 1 is 1.25 bits per heavy atom. The van der Waals surface area contributed by atoms with Gasteiger partial charge in [-0.25, -0.2) is 0 Å². The van der Waals surface area contributed by atoms with Crippen LogP contribution < -0.4 is 0 Å². The number of nitrogens with zero attached hydrogens (tertiary/aromatic N) is 1. The summed E-state index contributed by atoms with van der Waals surface area (Å²) in [4.78, 5) is 2.41. The van der Waals surface area contributed by atoms with Crippen LogP contribution in [-0.2, 0) is 0 Å². The molecule has 0 aliphatic carbocycles. The Hall–Kier alpha value is -1.08. The van der Waals surface area contributed by atoms with Gasteiger partial charge in [-0.05, 0) is 31.9 Å². The number of hydrogen-bond acceptors (Lipinski definition) is 1. The first kappa shape index (κ1) is 13.0. The molecule has 1 aromatic carbocycles. The van der Waals surface area contributed by atoms with E-state index in [2.05, 4.69) is 62.7 Å². The van der Waals surface area contributed by atoms with Gasteiger partial charge in [-0.3, -0.25) is 4.90 Å². The summed E-state index contributed by atoms with van der Waals surface area (Å²) in [6.07, 6.45) is 3.09. The smallest absolute Gasteiger partial charge is 0.0316 e. The zero-order valence-corrected chi connectivity index (χ0v) is 10.7. The molecule has 0 aliphatic heterocycles. The van der Waals surface area contributed by atoms with Crippen LogP contribution in [0.1, 0.15) is 31.9 Å². The van der Waals surface area contributed by atoms with Gasteiger partial charge >= 0.3 is 0 Å². The van der Waals surface area contributed by atoms with Gasteiger partial charge in [-0.2, -0.15) is 0 Å². The van der Waals surface area contributed by atoms with Crippen LogP contribution in [0, 0.1) is 5.92 Å². The van der Waals surface area contributed by atoms with Crippen molar-refractivity contribution in [2.24, 2.45) is 5.92 Å². The summed E-state index contributed by atoms with van der Waals surface area (Å²) >= 11 is 0. The van der Waals surface area contributed by atoms with Crippen molar-refractivity contribution in [1.82, 2.24) is 4.90 Å². The van der Waals surface area contributed by atoms with Gasteiger partial charge in [0.15, 0.2) is 0 Å². The van der Waals surface area contributed by atoms with E-state index in [1.165, 1.54) is 5.56 Å². The second-order valence-corrected chi connectivity index (χ2v) is 4.66. The van der Waals surface area contributed by atoms with Crippen LogP contribution >= 0.6 is 0 Å². The van der Waals surface area contributed by atoms with E-state index in [9.17, 15) is 0 Å². The summed E-state index contributed by atoms with van der Waals surface area (Å²) in [5.74, 6) is 0.675. The SMILES string of the molecule is C=CC[C@H](C)CN(C)[C@@H](C)c1ccccc1. The molecule has 0 saturated heterocycles. The summed E-state index contributed by atoms with van der Waals surface area (Å²) < 4.78 is 0. The molecule has 0 aliphatic rings. The van der Waals surface area contributed by atoms with E-state index < -0.39 is 0 Å². The molecule has 88 valence electrons. The lowest BCUT2D eigenvalue weighted by atomic mass is 10.0. The third kappa shape index (κ3) is 3.82. The number of rotatable bonds is 6. The average molecular weight is 217 g/mol. The summed E-state index contributed by atoms with van der Waals surface area (Å²) in [5, 5.41) is 0. The van der Waals surface area contributed by atoms with Crippen molar-refractivity contribution in [1.29, 1.82) is 0 Å². The Bertz CT molecular complexity index is 304. The first-order valence-corrected chi connectivity index (χ1v) is 6.01. The van der Waals surface area contributed by atoms with Gasteiger partial charge in [0.1, 0.15) is 0 Å². The first-order valence-electron chi connectivity index (χ1n) is 6.01. The maximum absolute atomic E-state index is 3.79. The zero-order valence-electron chi connectivity index (χ0n) is 10.7. The molecule has 0 radical (unpaired) electrons. The molecule has 16 heavy (non-hydrogen) atoms. The second kappa shape index (κ2) is 6.49. The maximum Gasteiger partial charge on any atom is 0.0316 e. The Kier molecular flexibility index (Phi) is 5.27. The normalized spacial score (nSPS) is 14.8. The van der Waals surface area contributed by atoms with E-state index in [1.807, 2.05) is 6.08 Å². The molecular weight excluding hydrogens is 194 g/mol. The van der Waals surface area contributed by atoms with Crippen LogP contribution in [0.3, 0.4) is 0 Å². The lowest BCUT2D eigenvalue weighted by Gasteiger charge is -2.27. The van der Waals surface area contributed by atoms with Crippen LogP contribution in [-0.4, -0.2) is 18.5 Å². The predicted octanol–water partition coefficient (Wildman–Crippen LogP) is 3.89. The molecule has 0 amide bonds. The molecule has 0 saturated carbocycles. The van der Waals surface area contributed by atoms with E-state index in [1.54, 1.807) is 0 Å². The molecule has 0 heterocycles. The van der Waals surface area contributed by atoms with Crippen LogP contribution in [0.25, 0.3) is 0 Å². The van der Waals surface area contributed by atoms with Crippen molar-refractivity contribution < 1.29 is 0 Å². The Morgan fingerprint density at radius 3 is 2.44 bits per heavy atom. The minimum absolute atomic E-state index is 0.480. The van der Waals surface area contributed by atoms with Crippen molar-refractivity contribution in [3.8, 4) is 0 Å². The molecule has 0 N–H and O–H groups in total. The fourth-order valence-electron chi connectivity index (χ4n) is 1.99. The lowest BCUT2D eigenvalue weighted by molar-refractivity contribution is 0.227. The van der Waals surface area contributed by atoms with Crippen LogP contribution in [0.2, 0.25) is 0 Å². The summed E-state index contributed by atoms with van der Waals surface area (Å²) in [6, 6.07) is 11.1. The molecule has 0 bridgehead atoms. The highest BCUT2D eigenvalue weighted by Gasteiger charge is 2.13. The monoisotopic (exact) mass is 217 g/mol. The summed E-state index contributed by atoms with van der Waals surface area (Å²) in [7, 11) is 2.19. The van der Waals surface area contributed by atoms with Gasteiger partial charge in [0, 0.05) is 12.6 Å². The third-order valence-corrected chi connectivity index (χ3v) is 3.11. The van der Waals surface area contributed by atoms with Crippen LogP contribution in [0.15, 0.2) is 43.0 Å². The van der Waals surface area contributed by atoms with Gasteiger partial charge in [0.05, 0.1) is 0 Å². The molecule has 1 nitrogen and oxygen atoms in total. The molecule has 0 aromatic heterocycles. The fourth-order valence-corrected chi connectivity index (χ4v) is 1.99. The average Bonchev–Trinajstić information content (AvgIpc) is 2.29. The van der Waals surface area contributed by atoms with E-state index >= 15 is 0 Å². The maximum atomic E-state index is 3.79. The topological polar surface area (TPSA) is 3.24 Å². The highest BCUT2D eigenvalue weighted by atomic mass is 15.1. The molecule has 1 rings (SSSR count). The van der Waals surface area contributed by atoms with E-state index in [0.717, 1.165) is 13.0 Å². The molecule has 2 atom stereocenters. The zero-order chi connectivity index (χ0) is 12.0. The van der Waals surface area contributed by atoms with Gasteiger partial charge in [-0.1, -0.05) is 43.3 Å². The Balaban J connectivity index is 2.54. The Morgan fingerprint density at radius 2 is 1.88 bits per heavy atom. The molecule has 0 spiro atoms. The van der Waals surface area contributed by atoms with Crippen LogP contribution in [0.4, 0.5) is 0 Å². The highest BCUT2D eigenvalue weighted by molar-refractivity contribution is 5.18. The van der Waals surface area contributed by atoms with Crippen molar-refractivity contribution in [2.75, 3.05) is 13.6 Å². The summed E-state index contributed by atoms with van der Waals surface area (Å²) in [6.45, 7) is 9.44. The number of benzene rings is 1. The largest absolute Gasteiger partial charge is 0.299 e. The van der Waals surface area contributed by atoms with Crippen molar-refractivity contribution in [2.45, 2.75) is 26.3 Å². The minimum Gasteiger partial charge on any atom is -0.299 e. The van der Waals surface area contributed by atoms with E-state index in [-0.39, 0.29) is 0 Å². The number of hydrogen-bond donors (Lipinski definition) is 0. The van der Waals surface area contributed by atoms with E-state index in [4.69, 9.17) is 0 Å². The standard InChI is InChI=1S/C15H23N/c1-5-9-13(2)12-16(4)14(3)15-10-7-6-8-11-15/h5-8,10-11,13-14H,1,9,12H2,2-4H3/t13-,14-/m0/s1. The molecule has 0 unspecified atom stereocenters. The first-order chi connectivity index (χ1) is 7.65. The van der Waals surface area contributed by atoms with Crippen molar-refractivity contribution in [3.05, 3.63) is 48.6 Å². The quantitative estimate of drug-likeness (QED) is 0.653. The molecule has 0 fully saturated rings. The predicted molar refractivity (Wildman–Crippen MR) is 71.5 cm³/mol. The molecule has 1 heteroatoms. The van der Waals surface area contributed by atoms with Gasteiger partial charge in [0.25, 0.3) is 0 Å². The fraction of sp³-hybridized carbons (Fsp3) is 0.467. The molecular formula is C15H23N. The third-order valence-electron chi connectivity index (χ3n) is 3.11. The summed E-state index contributed by atoms with van der Waals surface area (Å²) in [5.41, 5.74) is 1.39. The second-order valence-electron chi connectivity index (χ2n) is 4.66. The lowest BCUT2D eigenvalue weighted by Crippen LogP contribution is -2.27. The van der Waals surface area contributed by atoms with Crippen LogP contribution in [0.5, 0.6) is 0 Å². The van der Waals surface area contributed by atoms with Gasteiger partial charge < -0.3 is 0 Å². The Labute approximate surface area is 99.8 Å². The van der Waals surface area contributed by atoms with Gasteiger partial charge in [0.2, 0.25) is 0 Å². The minimum atomic E-state index is 0.480. The van der Waals surface area contributed by atoms with Gasteiger partial charge in [-0.15, -0.1) is 6.58 Å². The van der Waals surface area contributed by atoms with Crippen molar-refractivity contribution in [3.63, 3.8) is 0 Å². The number of allylic oxidation sites excluding steroid dienone is 1. The van der Waals surface area contributed by atoms with Crippen molar-refractivity contribution >= 4 is 0 Å². The highest BCUT2D eigenvalue weighted by Crippen LogP contribution is 2.19. The van der Waals surface area contributed by atoms with E-state index in [0.29, 0.717) is 12.0 Å².